The van der Waals surface area contributed by atoms with Gasteiger partial charge in [-0.15, -0.1) is 0 Å². The summed E-state index contributed by atoms with van der Waals surface area (Å²) >= 11 is 0. The zero-order valence-corrected chi connectivity index (χ0v) is 13.6. The Hall–Kier alpha value is -3.10. The molecule has 9 heteroatoms. The number of amides is 2. The maximum absolute atomic E-state index is 13.8. The van der Waals surface area contributed by atoms with Crippen molar-refractivity contribution >= 4 is 23.8 Å². The Morgan fingerprint density at radius 1 is 1.08 bits per heavy atom. The molecule has 2 aromatic rings. The van der Waals surface area contributed by atoms with Crippen molar-refractivity contribution in [3.63, 3.8) is 0 Å². The Bertz CT molecular complexity index is 839. The van der Waals surface area contributed by atoms with E-state index in [9.17, 15) is 22.8 Å². The fraction of sp³-hybridized carbons (Fsp3) is 0.235. The molecule has 6 nitrogen and oxygen atoms in total. The van der Waals surface area contributed by atoms with Crippen LogP contribution in [0, 0.1) is 17.5 Å². The molecule has 0 unspecified atom stereocenters. The smallest absolute Gasteiger partial charge is 0.254 e. The van der Waals surface area contributed by atoms with Crippen LogP contribution in [0.4, 0.5) is 24.7 Å². The monoisotopic (exact) mass is 364 g/mol. The predicted octanol–water partition coefficient (Wildman–Crippen LogP) is 2.16. The van der Waals surface area contributed by atoms with Gasteiger partial charge in [0.2, 0.25) is 6.41 Å². The molecule has 0 aliphatic carbocycles. The number of hydrogen-bond acceptors (Lipinski definition) is 4. The SMILES string of the molecule is O=CN1CCN(C(=O)c2ccnc(Nc3ccc(F)c(F)c3F)c2)CC1. The molecule has 0 atom stereocenters. The molecule has 136 valence electrons. The number of carbonyl (C=O) groups is 2. The number of pyridine rings is 1. The van der Waals surface area contributed by atoms with Gasteiger partial charge in [0.25, 0.3) is 5.91 Å². The Kier molecular flexibility index (Phi) is 5.06. The van der Waals surface area contributed by atoms with E-state index in [1.54, 1.807) is 9.80 Å². The molecular weight excluding hydrogens is 349 g/mol. The lowest BCUT2D eigenvalue weighted by atomic mass is 10.2. The quantitative estimate of drug-likeness (QED) is 0.667. The molecule has 1 fully saturated rings. The van der Waals surface area contributed by atoms with Gasteiger partial charge >= 0.3 is 0 Å². The van der Waals surface area contributed by atoms with Gasteiger partial charge in [0.1, 0.15) is 5.82 Å². The first kappa shape index (κ1) is 17.7. The van der Waals surface area contributed by atoms with Gasteiger partial charge in [-0.1, -0.05) is 0 Å². The summed E-state index contributed by atoms with van der Waals surface area (Å²) in [6.07, 6.45) is 2.10. The van der Waals surface area contributed by atoms with Crippen molar-refractivity contribution in [1.82, 2.24) is 14.8 Å². The summed E-state index contributed by atoms with van der Waals surface area (Å²) < 4.78 is 40.1. The summed E-state index contributed by atoms with van der Waals surface area (Å²) in [5, 5.41) is 2.54. The van der Waals surface area contributed by atoms with Crippen molar-refractivity contribution in [2.45, 2.75) is 0 Å². The summed E-state index contributed by atoms with van der Waals surface area (Å²) in [6.45, 7) is 1.71. The van der Waals surface area contributed by atoms with E-state index >= 15 is 0 Å². The first-order valence-electron chi connectivity index (χ1n) is 7.85. The lowest BCUT2D eigenvalue weighted by Gasteiger charge is -2.32. The maximum atomic E-state index is 13.8. The molecule has 0 radical (unpaired) electrons. The molecule has 0 spiro atoms. The minimum atomic E-state index is -1.59. The number of hydrogen-bond donors (Lipinski definition) is 1. The van der Waals surface area contributed by atoms with Crippen LogP contribution >= 0.6 is 0 Å². The van der Waals surface area contributed by atoms with Gasteiger partial charge < -0.3 is 15.1 Å². The summed E-state index contributed by atoms with van der Waals surface area (Å²) in [5.41, 5.74) is 0.0191. The molecule has 3 rings (SSSR count). The van der Waals surface area contributed by atoms with Gasteiger partial charge in [0.05, 0.1) is 5.69 Å². The van der Waals surface area contributed by atoms with Crippen LogP contribution in [0.25, 0.3) is 0 Å². The average molecular weight is 364 g/mol. The second-order valence-electron chi connectivity index (χ2n) is 5.71. The van der Waals surface area contributed by atoms with Crippen molar-refractivity contribution in [3.05, 3.63) is 53.5 Å². The van der Waals surface area contributed by atoms with Crippen molar-refractivity contribution in [3.8, 4) is 0 Å². The number of nitrogens with zero attached hydrogens (tertiary/aromatic N) is 3. The normalized spacial score (nSPS) is 14.3. The van der Waals surface area contributed by atoms with E-state index in [-0.39, 0.29) is 17.4 Å². The summed E-state index contributed by atoms with van der Waals surface area (Å²) in [5.74, 6) is -4.39. The van der Waals surface area contributed by atoms with Gasteiger partial charge in [-0.2, -0.15) is 0 Å². The minimum Gasteiger partial charge on any atom is -0.342 e. The highest BCUT2D eigenvalue weighted by atomic mass is 19.2. The molecule has 0 saturated carbocycles. The summed E-state index contributed by atoms with van der Waals surface area (Å²) in [7, 11) is 0. The van der Waals surface area contributed by atoms with Gasteiger partial charge in [-0.25, -0.2) is 18.2 Å². The molecule has 2 amide bonds. The number of anilines is 2. The number of halogens is 3. The molecule has 1 aliphatic rings. The molecule has 0 bridgehead atoms. The van der Waals surface area contributed by atoms with E-state index in [0.717, 1.165) is 18.5 Å². The zero-order valence-electron chi connectivity index (χ0n) is 13.6. The van der Waals surface area contributed by atoms with Crippen molar-refractivity contribution in [1.29, 1.82) is 0 Å². The molecule has 2 heterocycles. The molecule has 1 N–H and O–H groups in total. The van der Waals surface area contributed by atoms with E-state index in [1.165, 1.54) is 18.3 Å². The number of nitrogens with one attached hydrogen (secondary N) is 1. The van der Waals surface area contributed by atoms with Crippen LogP contribution in [-0.2, 0) is 4.79 Å². The lowest BCUT2D eigenvalue weighted by Crippen LogP contribution is -2.48. The van der Waals surface area contributed by atoms with Gasteiger partial charge in [0, 0.05) is 37.9 Å². The fourth-order valence-corrected chi connectivity index (χ4v) is 2.61. The van der Waals surface area contributed by atoms with Crippen LogP contribution in [-0.4, -0.2) is 53.3 Å². The molecular formula is C17H15F3N4O2. The van der Waals surface area contributed by atoms with Gasteiger partial charge in [-0.3, -0.25) is 9.59 Å². The van der Waals surface area contributed by atoms with Crippen molar-refractivity contribution < 1.29 is 22.8 Å². The molecule has 26 heavy (non-hydrogen) atoms. The third-order valence-electron chi connectivity index (χ3n) is 4.06. The first-order chi connectivity index (χ1) is 12.5. The van der Waals surface area contributed by atoms with Gasteiger partial charge in [-0.05, 0) is 24.3 Å². The second-order valence-corrected chi connectivity index (χ2v) is 5.71. The van der Waals surface area contributed by atoms with Crippen molar-refractivity contribution in [2.75, 3.05) is 31.5 Å². The number of piperazine rings is 1. The van der Waals surface area contributed by atoms with Crippen molar-refractivity contribution in [2.24, 2.45) is 0 Å². The highest BCUT2D eigenvalue weighted by Gasteiger charge is 2.22. The molecule has 1 saturated heterocycles. The highest BCUT2D eigenvalue weighted by Crippen LogP contribution is 2.23. The number of benzene rings is 1. The van der Waals surface area contributed by atoms with E-state index in [2.05, 4.69) is 10.3 Å². The minimum absolute atomic E-state index is 0.118. The maximum Gasteiger partial charge on any atom is 0.254 e. The highest BCUT2D eigenvalue weighted by molar-refractivity contribution is 5.95. The molecule has 1 aliphatic heterocycles. The van der Waals surface area contributed by atoms with Gasteiger partial charge in [0.15, 0.2) is 17.5 Å². The van der Waals surface area contributed by atoms with E-state index in [4.69, 9.17) is 0 Å². The van der Waals surface area contributed by atoms with E-state index in [1.807, 2.05) is 0 Å². The zero-order chi connectivity index (χ0) is 18.7. The lowest BCUT2D eigenvalue weighted by molar-refractivity contribution is -0.119. The second kappa shape index (κ2) is 7.42. The third kappa shape index (κ3) is 3.61. The predicted molar refractivity (Wildman–Crippen MR) is 87.4 cm³/mol. The Morgan fingerprint density at radius 2 is 1.81 bits per heavy atom. The van der Waals surface area contributed by atoms with Crippen LogP contribution in [0.3, 0.4) is 0 Å². The third-order valence-corrected chi connectivity index (χ3v) is 4.06. The van der Waals surface area contributed by atoms with E-state index < -0.39 is 17.5 Å². The summed E-state index contributed by atoms with van der Waals surface area (Å²) in [6, 6.07) is 4.74. The fourth-order valence-electron chi connectivity index (χ4n) is 2.61. The molecule has 1 aromatic heterocycles. The van der Waals surface area contributed by atoms with E-state index in [0.29, 0.717) is 31.7 Å². The Labute approximate surface area is 147 Å². The van der Waals surface area contributed by atoms with Crippen LogP contribution in [0.5, 0.6) is 0 Å². The first-order valence-corrected chi connectivity index (χ1v) is 7.85. The largest absolute Gasteiger partial charge is 0.342 e. The van der Waals surface area contributed by atoms with Crippen LogP contribution in [0.2, 0.25) is 0 Å². The molecule has 1 aromatic carbocycles. The Balaban J connectivity index is 1.75. The van der Waals surface area contributed by atoms with Crippen LogP contribution in [0.1, 0.15) is 10.4 Å². The van der Waals surface area contributed by atoms with Crippen LogP contribution < -0.4 is 5.32 Å². The number of rotatable bonds is 4. The van der Waals surface area contributed by atoms with Crippen LogP contribution in [0.15, 0.2) is 30.5 Å². The topological polar surface area (TPSA) is 65.5 Å². The standard InChI is InChI=1S/C17H15F3N4O2/c18-12-1-2-13(16(20)15(12)19)22-14-9-11(3-4-21-14)17(26)24-7-5-23(10-25)6-8-24/h1-4,9-10H,5-8H2,(H,21,22). The Morgan fingerprint density at radius 3 is 2.50 bits per heavy atom. The number of aromatic nitrogens is 1. The average Bonchev–Trinajstić information content (AvgIpc) is 2.68. The number of carbonyl (C=O) groups excluding carboxylic acids is 2. The summed E-state index contributed by atoms with van der Waals surface area (Å²) in [4.78, 5) is 30.4.